The molecule has 9 nitrogen and oxygen atoms in total. The fourth-order valence-electron chi connectivity index (χ4n) is 5.42. The number of aromatic nitrogens is 8. The summed E-state index contributed by atoms with van der Waals surface area (Å²) in [4.78, 5) is 25.0. The van der Waals surface area contributed by atoms with Gasteiger partial charge in [-0.1, -0.05) is 23.2 Å². The topological polar surface area (TPSA) is 107 Å². The van der Waals surface area contributed by atoms with E-state index in [1.54, 1.807) is 35.8 Å². The van der Waals surface area contributed by atoms with Gasteiger partial charge in [-0.2, -0.15) is 9.07 Å². The molecule has 38 heavy (non-hydrogen) atoms. The standard InChI is InChI=1S/C25H16Cl2F2N8O/c1-10-2-3-12(24(29)31-10)21-23(27)33-25(32-21)22-14-8-13(14)17-6-11(7-18(38)37(17)22)19-16(36-9-30-34-35-36)5-4-15(26)20(19)28/h2-7,9,13-14,22H,8H2,1H3,(H,32,33). The normalized spacial score (nSPS) is 19.4. The summed E-state index contributed by atoms with van der Waals surface area (Å²) in [5.74, 6) is -0.727. The highest BCUT2D eigenvalue weighted by Crippen LogP contribution is 2.60. The molecule has 0 amide bonds. The van der Waals surface area contributed by atoms with Crippen LogP contribution in [0.5, 0.6) is 0 Å². The number of imidazole rings is 1. The Bertz CT molecular complexity index is 1820. The van der Waals surface area contributed by atoms with Crippen LogP contribution in [0.4, 0.5) is 8.78 Å². The Morgan fingerprint density at radius 2 is 1.95 bits per heavy atom. The van der Waals surface area contributed by atoms with Gasteiger partial charge in [-0.05, 0) is 65.6 Å². The molecule has 7 rings (SSSR count). The molecular formula is C25H16Cl2F2N8O. The van der Waals surface area contributed by atoms with Gasteiger partial charge >= 0.3 is 0 Å². The molecule has 4 aromatic heterocycles. The van der Waals surface area contributed by atoms with Crippen molar-refractivity contribution in [3.05, 3.63) is 92.2 Å². The van der Waals surface area contributed by atoms with Gasteiger partial charge in [0.15, 0.2) is 5.82 Å². The molecular weight excluding hydrogens is 537 g/mol. The van der Waals surface area contributed by atoms with Crippen LogP contribution in [0.3, 0.4) is 0 Å². The summed E-state index contributed by atoms with van der Waals surface area (Å²) in [5, 5.41) is 11.2. The van der Waals surface area contributed by atoms with Gasteiger partial charge in [0, 0.05) is 28.9 Å². The first-order valence-electron chi connectivity index (χ1n) is 11.7. The summed E-state index contributed by atoms with van der Waals surface area (Å²) >= 11 is 12.5. The van der Waals surface area contributed by atoms with E-state index in [0.29, 0.717) is 22.8 Å². The molecule has 5 aromatic rings. The van der Waals surface area contributed by atoms with Gasteiger partial charge < -0.3 is 9.55 Å². The van der Waals surface area contributed by atoms with Crippen LogP contribution < -0.4 is 5.56 Å². The lowest BCUT2D eigenvalue weighted by Gasteiger charge is -2.18. The number of hydrogen-bond donors (Lipinski definition) is 1. The van der Waals surface area contributed by atoms with E-state index >= 15 is 4.39 Å². The van der Waals surface area contributed by atoms with Crippen LogP contribution in [0.2, 0.25) is 10.2 Å². The number of hydrogen-bond acceptors (Lipinski definition) is 6. The number of pyridine rings is 2. The third kappa shape index (κ3) is 3.42. The molecule has 3 unspecified atom stereocenters. The summed E-state index contributed by atoms with van der Waals surface area (Å²) in [6, 6.07) is 8.99. The maximum Gasteiger partial charge on any atom is 0.252 e. The largest absolute Gasteiger partial charge is 0.331 e. The maximum absolute atomic E-state index is 15.4. The molecule has 13 heteroatoms. The lowest BCUT2D eigenvalue weighted by atomic mass is 10.0. The number of tetrazole rings is 1. The second-order valence-electron chi connectivity index (χ2n) is 9.41. The van der Waals surface area contributed by atoms with Crippen molar-refractivity contribution in [3.8, 4) is 28.1 Å². The van der Waals surface area contributed by atoms with Crippen LogP contribution in [0, 0.1) is 24.6 Å². The quantitative estimate of drug-likeness (QED) is 0.318. The molecule has 0 radical (unpaired) electrons. The van der Waals surface area contributed by atoms with E-state index in [9.17, 15) is 9.18 Å². The number of rotatable bonds is 4. The molecule has 1 aliphatic heterocycles. The molecule has 0 spiro atoms. The van der Waals surface area contributed by atoms with Crippen molar-refractivity contribution in [1.29, 1.82) is 0 Å². The summed E-state index contributed by atoms with van der Waals surface area (Å²) in [7, 11) is 0. The first kappa shape index (κ1) is 23.2. The first-order chi connectivity index (χ1) is 18.3. The molecule has 1 aromatic carbocycles. The monoisotopic (exact) mass is 552 g/mol. The van der Waals surface area contributed by atoms with Gasteiger partial charge in [-0.25, -0.2) is 14.4 Å². The summed E-state index contributed by atoms with van der Waals surface area (Å²) in [6.45, 7) is 1.69. The molecule has 1 saturated carbocycles. The Kier molecular flexibility index (Phi) is 5.04. The molecule has 3 atom stereocenters. The predicted molar refractivity (Wildman–Crippen MR) is 134 cm³/mol. The minimum atomic E-state index is -0.679. The molecule has 1 fully saturated rings. The number of benzene rings is 1. The number of fused-ring (bicyclic) bond motifs is 3. The van der Waals surface area contributed by atoms with Crippen molar-refractivity contribution in [2.45, 2.75) is 25.3 Å². The Labute approximate surface area is 223 Å². The van der Waals surface area contributed by atoms with E-state index in [2.05, 4.69) is 30.5 Å². The van der Waals surface area contributed by atoms with Crippen LogP contribution in [0.1, 0.15) is 35.6 Å². The van der Waals surface area contributed by atoms with Crippen molar-refractivity contribution in [2.24, 2.45) is 5.92 Å². The van der Waals surface area contributed by atoms with Crippen LogP contribution in [-0.2, 0) is 0 Å². The van der Waals surface area contributed by atoms with Gasteiger partial charge in [-0.15, -0.1) is 5.10 Å². The lowest BCUT2D eigenvalue weighted by molar-refractivity contribution is 0.514. The van der Waals surface area contributed by atoms with E-state index < -0.39 is 17.8 Å². The van der Waals surface area contributed by atoms with Gasteiger partial charge in [-0.3, -0.25) is 4.79 Å². The highest BCUT2D eigenvalue weighted by molar-refractivity contribution is 6.32. The highest BCUT2D eigenvalue weighted by atomic mass is 35.5. The van der Waals surface area contributed by atoms with Crippen LogP contribution in [-0.4, -0.2) is 39.7 Å². The second-order valence-corrected chi connectivity index (χ2v) is 10.2. The van der Waals surface area contributed by atoms with E-state index in [0.717, 1.165) is 12.1 Å². The van der Waals surface area contributed by atoms with Crippen molar-refractivity contribution in [2.75, 3.05) is 0 Å². The van der Waals surface area contributed by atoms with Crippen LogP contribution in [0.15, 0.2) is 47.5 Å². The van der Waals surface area contributed by atoms with E-state index in [-0.39, 0.29) is 44.4 Å². The number of nitrogens with zero attached hydrogens (tertiary/aromatic N) is 7. The van der Waals surface area contributed by atoms with Crippen molar-refractivity contribution >= 4 is 23.2 Å². The minimum Gasteiger partial charge on any atom is -0.331 e. The number of H-pyrrole nitrogens is 1. The fraction of sp³-hybridized carbons (Fsp3) is 0.200. The first-order valence-corrected chi connectivity index (χ1v) is 12.4. The molecule has 190 valence electrons. The van der Waals surface area contributed by atoms with Crippen LogP contribution >= 0.6 is 23.2 Å². The summed E-state index contributed by atoms with van der Waals surface area (Å²) < 4.78 is 32.9. The smallest absolute Gasteiger partial charge is 0.252 e. The predicted octanol–water partition coefficient (Wildman–Crippen LogP) is 4.88. The van der Waals surface area contributed by atoms with E-state index in [1.807, 2.05) is 0 Å². The third-order valence-electron chi connectivity index (χ3n) is 7.16. The summed E-state index contributed by atoms with van der Waals surface area (Å²) in [5.41, 5.74) is 2.18. The highest BCUT2D eigenvalue weighted by Gasteiger charge is 2.54. The number of aryl methyl sites for hydroxylation is 1. The molecule has 1 aliphatic carbocycles. The van der Waals surface area contributed by atoms with Gasteiger partial charge in [0.25, 0.3) is 5.56 Å². The maximum atomic E-state index is 15.4. The Morgan fingerprint density at radius 1 is 1.11 bits per heavy atom. The van der Waals surface area contributed by atoms with Crippen molar-refractivity contribution < 1.29 is 8.78 Å². The Morgan fingerprint density at radius 3 is 2.71 bits per heavy atom. The number of aromatic amines is 1. The third-order valence-corrected chi connectivity index (χ3v) is 7.73. The van der Waals surface area contributed by atoms with E-state index in [4.69, 9.17) is 23.2 Å². The Hall–Kier alpha value is -3.96. The minimum absolute atomic E-state index is 0.0801. The van der Waals surface area contributed by atoms with Crippen LogP contribution in [0.25, 0.3) is 28.1 Å². The lowest BCUT2D eigenvalue weighted by Crippen LogP contribution is -2.26. The van der Waals surface area contributed by atoms with Crippen molar-refractivity contribution in [3.63, 3.8) is 0 Å². The second kappa shape index (κ2) is 8.27. The van der Waals surface area contributed by atoms with Gasteiger partial charge in [0.1, 0.15) is 23.0 Å². The molecule has 1 N–H and O–H groups in total. The Balaban J connectivity index is 1.35. The van der Waals surface area contributed by atoms with Crippen molar-refractivity contribution in [1.82, 2.24) is 39.7 Å². The average Bonchev–Trinajstić information content (AvgIpc) is 3.18. The SMILES string of the molecule is Cc1ccc(-c2nc(C3C4CC4c4cc(-c5c(-n6cnnn6)ccc(Cl)c5F)cc(=O)n43)[nH]c2Cl)c(F)n1. The molecule has 0 bridgehead atoms. The number of halogens is 4. The zero-order valence-corrected chi connectivity index (χ0v) is 21.0. The molecule has 0 saturated heterocycles. The van der Waals surface area contributed by atoms with Gasteiger partial charge in [0.05, 0.1) is 22.3 Å². The zero-order chi connectivity index (χ0) is 26.3. The molecule has 2 aliphatic rings. The number of nitrogens with one attached hydrogen (secondary N) is 1. The van der Waals surface area contributed by atoms with Gasteiger partial charge in [0.2, 0.25) is 5.95 Å². The molecule has 5 heterocycles. The zero-order valence-electron chi connectivity index (χ0n) is 19.5. The summed E-state index contributed by atoms with van der Waals surface area (Å²) in [6.07, 6.45) is 2.16. The average molecular weight is 553 g/mol. The fourth-order valence-corrected chi connectivity index (χ4v) is 5.81. The van der Waals surface area contributed by atoms with E-state index in [1.165, 1.54) is 23.1 Å².